The van der Waals surface area contributed by atoms with Crippen LogP contribution in [0, 0.1) is 5.92 Å². The molecule has 0 bridgehead atoms. The molecule has 9 heteroatoms. The van der Waals surface area contributed by atoms with Gasteiger partial charge in [-0.1, -0.05) is 49.4 Å². The number of hydrogen-bond acceptors (Lipinski definition) is 8. The molecule has 218 valence electrons. The molecule has 3 aromatic rings. The first-order valence-electron chi connectivity index (χ1n) is 13.9. The van der Waals surface area contributed by atoms with E-state index in [1.807, 2.05) is 66.9 Å². The molecule has 1 amide bonds. The third kappa shape index (κ3) is 8.43. The number of hydrogen-bond donors (Lipinski definition) is 2. The van der Waals surface area contributed by atoms with Crippen molar-refractivity contribution in [1.29, 1.82) is 0 Å². The Bertz CT molecular complexity index is 1290. The maximum atomic E-state index is 12.5. The fourth-order valence-electron chi connectivity index (χ4n) is 4.89. The van der Waals surface area contributed by atoms with Gasteiger partial charge in [0.25, 0.3) is 5.91 Å². The Labute approximate surface area is 241 Å². The van der Waals surface area contributed by atoms with Crippen LogP contribution in [0.3, 0.4) is 0 Å². The normalized spacial score (nSPS) is 21.3. The van der Waals surface area contributed by atoms with Crippen LogP contribution in [-0.2, 0) is 36.8 Å². The molecule has 2 N–H and O–H groups in total. The van der Waals surface area contributed by atoms with Crippen LogP contribution < -0.4 is 5.32 Å². The second-order valence-electron chi connectivity index (χ2n) is 10.5. The fourth-order valence-corrected chi connectivity index (χ4v) is 4.89. The van der Waals surface area contributed by atoms with Crippen molar-refractivity contribution in [1.82, 2.24) is 9.88 Å². The zero-order chi connectivity index (χ0) is 29.4. The van der Waals surface area contributed by atoms with Gasteiger partial charge in [-0.15, -0.1) is 0 Å². The smallest absolute Gasteiger partial charge is 0.303 e. The van der Waals surface area contributed by atoms with Crippen LogP contribution in [0.4, 0.5) is 5.69 Å². The molecule has 2 heterocycles. The third-order valence-corrected chi connectivity index (χ3v) is 7.23. The first-order valence-corrected chi connectivity index (χ1v) is 13.9. The van der Waals surface area contributed by atoms with Crippen LogP contribution in [0.15, 0.2) is 72.9 Å². The minimum absolute atomic E-state index is 0.0224. The number of nitrogens with one attached hydrogen (secondary N) is 1. The molecule has 5 atom stereocenters. The first kappa shape index (κ1) is 30.3. The SMILES string of the molecule is CC(=O)O[C@@H](C)C(=O)Nc1cccc(C2O[C@H](CN(C)CCc3ccccn3)[C@H](C)[C@H](c3ccc(CO)cc3)O2)c1. The Hall–Kier alpha value is -3.63. The standard InChI is InChI=1S/C32H39N3O6/c1-21-29(19-35(4)17-15-27-9-5-6-16-33-27)40-32(41-30(21)25-13-11-24(20-36)12-14-25)26-8-7-10-28(18-26)34-31(38)22(2)39-23(3)37/h5-14,16,18,21-22,29-30,32,36H,15,17,19-20H2,1-4H3,(H,34,38)/t21-,22-,29+,30+,32?/m0/s1. The average molecular weight is 562 g/mol. The van der Waals surface area contributed by atoms with E-state index in [-0.39, 0.29) is 24.7 Å². The topological polar surface area (TPSA) is 110 Å². The molecule has 0 aliphatic carbocycles. The molecule has 1 aliphatic rings. The number of nitrogens with zero attached hydrogens (tertiary/aromatic N) is 2. The number of aromatic nitrogens is 1. The monoisotopic (exact) mass is 561 g/mol. The summed E-state index contributed by atoms with van der Waals surface area (Å²) in [6.45, 7) is 6.42. The van der Waals surface area contributed by atoms with Crippen molar-refractivity contribution in [3.8, 4) is 0 Å². The average Bonchev–Trinajstić information content (AvgIpc) is 2.97. The zero-order valence-electron chi connectivity index (χ0n) is 24.0. The van der Waals surface area contributed by atoms with Gasteiger partial charge >= 0.3 is 5.97 Å². The number of rotatable bonds is 11. The van der Waals surface area contributed by atoms with E-state index in [0.29, 0.717) is 12.2 Å². The van der Waals surface area contributed by atoms with Gasteiger partial charge in [-0.2, -0.15) is 0 Å². The molecule has 4 rings (SSSR count). The molecule has 1 fully saturated rings. The molecule has 9 nitrogen and oxygen atoms in total. The van der Waals surface area contributed by atoms with E-state index in [2.05, 4.69) is 29.2 Å². The highest BCUT2D eigenvalue weighted by Gasteiger charge is 2.39. The Morgan fingerprint density at radius 1 is 1.07 bits per heavy atom. The summed E-state index contributed by atoms with van der Waals surface area (Å²) in [6, 6.07) is 21.0. The molecular weight excluding hydrogens is 522 g/mol. The Morgan fingerprint density at radius 3 is 2.54 bits per heavy atom. The number of aliphatic hydroxyl groups excluding tert-OH is 1. The summed E-state index contributed by atoms with van der Waals surface area (Å²) < 4.78 is 18.1. The molecule has 1 saturated heterocycles. The van der Waals surface area contributed by atoms with Crippen LogP contribution in [0.1, 0.15) is 55.5 Å². The maximum absolute atomic E-state index is 12.5. The van der Waals surface area contributed by atoms with Crippen LogP contribution >= 0.6 is 0 Å². The van der Waals surface area contributed by atoms with E-state index in [4.69, 9.17) is 14.2 Å². The maximum Gasteiger partial charge on any atom is 0.303 e. The summed E-state index contributed by atoms with van der Waals surface area (Å²) in [5.41, 5.74) is 4.19. The number of aliphatic hydroxyl groups is 1. The van der Waals surface area contributed by atoms with Gasteiger partial charge in [0.05, 0.1) is 18.8 Å². The van der Waals surface area contributed by atoms with Crippen molar-refractivity contribution >= 4 is 17.6 Å². The molecule has 0 spiro atoms. The molecule has 1 aromatic heterocycles. The van der Waals surface area contributed by atoms with Crippen LogP contribution in [-0.4, -0.2) is 59.2 Å². The molecule has 2 aromatic carbocycles. The first-order chi connectivity index (χ1) is 19.7. The third-order valence-electron chi connectivity index (χ3n) is 7.23. The lowest BCUT2D eigenvalue weighted by molar-refractivity contribution is -0.275. The van der Waals surface area contributed by atoms with E-state index in [1.54, 1.807) is 6.07 Å². The van der Waals surface area contributed by atoms with Gasteiger partial charge in [0.1, 0.15) is 0 Å². The van der Waals surface area contributed by atoms with Crippen molar-refractivity contribution in [2.75, 3.05) is 25.5 Å². The van der Waals surface area contributed by atoms with Crippen molar-refractivity contribution in [2.24, 2.45) is 5.92 Å². The highest BCUT2D eigenvalue weighted by Crippen LogP contribution is 2.42. The molecule has 1 unspecified atom stereocenters. The predicted octanol–water partition coefficient (Wildman–Crippen LogP) is 4.43. The number of likely N-dealkylation sites (N-methyl/N-ethyl adjacent to an activating group) is 1. The van der Waals surface area contributed by atoms with E-state index < -0.39 is 24.3 Å². The molecule has 0 radical (unpaired) electrons. The highest BCUT2D eigenvalue weighted by molar-refractivity contribution is 5.95. The zero-order valence-corrected chi connectivity index (χ0v) is 24.0. The minimum atomic E-state index is -0.920. The van der Waals surface area contributed by atoms with Gasteiger partial charge in [-0.25, -0.2) is 0 Å². The Morgan fingerprint density at radius 2 is 1.85 bits per heavy atom. The summed E-state index contributed by atoms with van der Waals surface area (Å²) in [7, 11) is 2.08. The fraction of sp³-hybridized carbons (Fsp3) is 0.406. The quantitative estimate of drug-likeness (QED) is 0.331. The Balaban J connectivity index is 1.53. The number of pyridine rings is 1. The lowest BCUT2D eigenvalue weighted by Gasteiger charge is -2.42. The van der Waals surface area contributed by atoms with Gasteiger partial charge in [0.15, 0.2) is 12.4 Å². The van der Waals surface area contributed by atoms with Crippen LogP contribution in [0.5, 0.6) is 0 Å². The second-order valence-corrected chi connectivity index (χ2v) is 10.5. The van der Waals surface area contributed by atoms with Gasteiger partial charge in [0.2, 0.25) is 0 Å². The van der Waals surface area contributed by atoms with E-state index in [0.717, 1.165) is 35.3 Å². The molecular formula is C32H39N3O6. The number of amides is 1. The number of carbonyl (C=O) groups excluding carboxylic acids is 2. The summed E-state index contributed by atoms with van der Waals surface area (Å²) in [6.07, 6.45) is 0.647. The summed E-state index contributed by atoms with van der Waals surface area (Å²) in [5.74, 6) is -0.907. The van der Waals surface area contributed by atoms with Gasteiger partial charge in [-0.05, 0) is 49.4 Å². The largest absolute Gasteiger partial charge is 0.453 e. The number of anilines is 1. The van der Waals surface area contributed by atoms with Crippen molar-refractivity contribution in [3.05, 3.63) is 95.3 Å². The van der Waals surface area contributed by atoms with E-state index in [1.165, 1.54) is 13.8 Å². The number of benzene rings is 2. The number of ether oxygens (including phenoxy) is 3. The lowest BCUT2D eigenvalue weighted by atomic mass is 9.90. The molecule has 41 heavy (non-hydrogen) atoms. The van der Waals surface area contributed by atoms with E-state index >= 15 is 0 Å². The minimum Gasteiger partial charge on any atom is -0.453 e. The predicted molar refractivity (Wildman–Crippen MR) is 155 cm³/mol. The van der Waals surface area contributed by atoms with Crippen molar-refractivity contribution in [3.63, 3.8) is 0 Å². The summed E-state index contributed by atoms with van der Waals surface area (Å²) in [4.78, 5) is 30.5. The number of carbonyl (C=O) groups is 2. The van der Waals surface area contributed by atoms with Crippen molar-refractivity contribution in [2.45, 2.75) is 58.4 Å². The molecule has 0 saturated carbocycles. The van der Waals surface area contributed by atoms with E-state index in [9.17, 15) is 14.7 Å². The lowest BCUT2D eigenvalue weighted by Crippen LogP contribution is -2.44. The van der Waals surface area contributed by atoms with Crippen molar-refractivity contribution < 1.29 is 28.9 Å². The van der Waals surface area contributed by atoms with Gasteiger partial charge in [-0.3, -0.25) is 14.6 Å². The summed E-state index contributed by atoms with van der Waals surface area (Å²) >= 11 is 0. The van der Waals surface area contributed by atoms with Gasteiger partial charge in [0, 0.05) is 55.5 Å². The highest BCUT2D eigenvalue weighted by atomic mass is 16.7. The molecule has 1 aliphatic heterocycles. The van der Waals surface area contributed by atoms with Crippen LogP contribution in [0.25, 0.3) is 0 Å². The second kappa shape index (κ2) is 14.3. The van der Waals surface area contributed by atoms with Gasteiger partial charge < -0.3 is 29.5 Å². The Kier molecular flexibility index (Phi) is 10.6. The summed E-state index contributed by atoms with van der Waals surface area (Å²) in [5, 5.41) is 12.3. The number of esters is 1. The van der Waals surface area contributed by atoms with Crippen LogP contribution in [0.2, 0.25) is 0 Å².